The molecule has 0 spiro atoms. The second-order valence-electron chi connectivity index (χ2n) is 5.53. The van der Waals surface area contributed by atoms with E-state index in [4.69, 9.17) is 0 Å². The molecule has 1 aromatic carbocycles. The van der Waals surface area contributed by atoms with Crippen LogP contribution in [0.4, 0.5) is 4.39 Å². The highest BCUT2D eigenvalue weighted by Gasteiger charge is 2.24. The molecule has 2 aromatic rings. The Kier molecular flexibility index (Phi) is 4.31. The number of nitrogens with one attached hydrogen (secondary N) is 1. The van der Waals surface area contributed by atoms with E-state index in [0.717, 1.165) is 31.0 Å². The van der Waals surface area contributed by atoms with Crippen molar-refractivity contribution in [3.8, 4) is 5.69 Å². The van der Waals surface area contributed by atoms with Crippen LogP contribution in [-0.4, -0.2) is 40.9 Å². The number of hydrogen-bond acceptors (Lipinski definition) is 3. The Morgan fingerprint density at radius 1 is 1.29 bits per heavy atom. The number of nitrogens with zero attached hydrogens (tertiary/aromatic N) is 3. The minimum atomic E-state index is -0.221. The van der Waals surface area contributed by atoms with Gasteiger partial charge in [-0.05, 0) is 56.8 Å². The molecule has 0 radical (unpaired) electrons. The zero-order valence-electron chi connectivity index (χ0n) is 12.3. The number of hydrogen-bond donors (Lipinski definition) is 1. The molecule has 5 heteroatoms. The number of aromatic nitrogens is 2. The molecule has 2 heterocycles. The quantitative estimate of drug-likeness (QED) is 0.915. The molecule has 1 unspecified atom stereocenters. The van der Waals surface area contributed by atoms with E-state index in [9.17, 15) is 4.39 Å². The van der Waals surface area contributed by atoms with Gasteiger partial charge in [-0.15, -0.1) is 0 Å². The first-order valence-corrected chi connectivity index (χ1v) is 7.45. The minimum absolute atomic E-state index is 0.221. The van der Waals surface area contributed by atoms with Crippen LogP contribution in [0.5, 0.6) is 0 Å². The highest BCUT2D eigenvalue weighted by Crippen LogP contribution is 2.21. The van der Waals surface area contributed by atoms with Crippen LogP contribution >= 0.6 is 0 Å². The van der Waals surface area contributed by atoms with Gasteiger partial charge in [0, 0.05) is 25.3 Å². The normalized spacial score (nSPS) is 19.2. The molecule has 0 saturated carbocycles. The smallest absolute Gasteiger partial charge is 0.123 e. The molecule has 1 fully saturated rings. The maximum atomic E-state index is 13.0. The average Bonchev–Trinajstić information content (AvgIpc) is 3.11. The van der Waals surface area contributed by atoms with Gasteiger partial charge >= 0.3 is 0 Å². The van der Waals surface area contributed by atoms with Gasteiger partial charge in [0.05, 0.1) is 11.4 Å². The molecule has 0 aliphatic carbocycles. The first-order valence-electron chi connectivity index (χ1n) is 7.45. The van der Waals surface area contributed by atoms with Gasteiger partial charge in [-0.25, -0.2) is 9.07 Å². The standard InChI is InChI=1S/C16H21FN4/c1-18-11-15-3-2-10-20(15)12-16-8-9-19-21(16)14-6-4-13(17)5-7-14/h4-9,15,18H,2-3,10-12H2,1H3. The second kappa shape index (κ2) is 6.37. The lowest BCUT2D eigenvalue weighted by atomic mass is 10.2. The maximum absolute atomic E-state index is 13.0. The lowest BCUT2D eigenvalue weighted by Crippen LogP contribution is -2.36. The molecule has 1 saturated heterocycles. The minimum Gasteiger partial charge on any atom is -0.318 e. The Hall–Kier alpha value is -1.72. The number of likely N-dealkylation sites (tertiary alicyclic amines) is 1. The van der Waals surface area contributed by atoms with Gasteiger partial charge in [0.15, 0.2) is 0 Å². The van der Waals surface area contributed by atoms with Crippen molar-refractivity contribution >= 4 is 0 Å². The molecule has 112 valence electrons. The summed E-state index contributed by atoms with van der Waals surface area (Å²) in [4.78, 5) is 2.49. The van der Waals surface area contributed by atoms with Gasteiger partial charge in [-0.1, -0.05) is 0 Å². The largest absolute Gasteiger partial charge is 0.318 e. The van der Waals surface area contributed by atoms with E-state index in [1.807, 2.05) is 24.0 Å². The number of halogens is 1. The molecule has 0 amide bonds. The summed E-state index contributed by atoms with van der Waals surface area (Å²) in [7, 11) is 2.00. The van der Waals surface area contributed by atoms with E-state index in [1.165, 1.54) is 25.0 Å². The maximum Gasteiger partial charge on any atom is 0.123 e. The van der Waals surface area contributed by atoms with Crippen molar-refractivity contribution in [2.75, 3.05) is 20.1 Å². The summed E-state index contributed by atoms with van der Waals surface area (Å²) in [5.74, 6) is -0.221. The fourth-order valence-corrected chi connectivity index (χ4v) is 3.04. The van der Waals surface area contributed by atoms with Crippen molar-refractivity contribution in [3.05, 3.63) is 48.0 Å². The molecule has 1 aromatic heterocycles. The van der Waals surface area contributed by atoms with Crippen molar-refractivity contribution in [2.45, 2.75) is 25.4 Å². The summed E-state index contributed by atoms with van der Waals surface area (Å²) in [5, 5.41) is 7.65. The SMILES string of the molecule is CNCC1CCCN1Cc1ccnn1-c1ccc(F)cc1. The number of likely N-dealkylation sites (N-methyl/N-ethyl adjacent to an activating group) is 1. The van der Waals surface area contributed by atoms with Crippen LogP contribution in [0.15, 0.2) is 36.5 Å². The molecule has 21 heavy (non-hydrogen) atoms. The van der Waals surface area contributed by atoms with Crippen LogP contribution in [0.3, 0.4) is 0 Å². The fourth-order valence-electron chi connectivity index (χ4n) is 3.04. The van der Waals surface area contributed by atoms with Crippen LogP contribution in [0.1, 0.15) is 18.5 Å². The summed E-state index contributed by atoms with van der Waals surface area (Å²) < 4.78 is 14.9. The summed E-state index contributed by atoms with van der Waals surface area (Å²) in [6.07, 6.45) is 4.30. The third kappa shape index (κ3) is 3.14. The zero-order chi connectivity index (χ0) is 14.7. The fraction of sp³-hybridized carbons (Fsp3) is 0.438. The molecule has 1 aliphatic heterocycles. The zero-order valence-corrected chi connectivity index (χ0v) is 12.3. The van der Waals surface area contributed by atoms with E-state index in [0.29, 0.717) is 6.04 Å². The van der Waals surface area contributed by atoms with Crippen molar-refractivity contribution in [3.63, 3.8) is 0 Å². The molecule has 1 N–H and O–H groups in total. The van der Waals surface area contributed by atoms with Crippen molar-refractivity contribution in [1.82, 2.24) is 20.0 Å². The van der Waals surface area contributed by atoms with E-state index in [1.54, 1.807) is 12.1 Å². The number of rotatable bonds is 5. The van der Waals surface area contributed by atoms with Crippen molar-refractivity contribution < 1.29 is 4.39 Å². The van der Waals surface area contributed by atoms with Crippen LogP contribution in [-0.2, 0) is 6.54 Å². The Balaban J connectivity index is 1.78. The lowest BCUT2D eigenvalue weighted by Gasteiger charge is -2.24. The molecule has 3 rings (SSSR count). The van der Waals surface area contributed by atoms with Crippen LogP contribution in [0, 0.1) is 5.82 Å². The van der Waals surface area contributed by atoms with Gasteiger partial charge in [-0.3, -0.25) is 4.90 Å². The van der Waals surface area contributed by atoms with E-state index in [-0.39, 0.29) is 5.82 Å². The highest BCUT2D eigenvalue weighted by atomic mass is 19.1. The van der Waals surface area contributed by atoms with Crippen LogP contribution in [0.25, 0.3) is 5.69 Å². The third-order valence-electron chi connectivity index (χ3n) is 4.10. The van der Waals surface area contributed by atoms with Crippen molar-refractivity contribution in [1.29, 1.82) is 0 Å². The van der Waals surface area contributed by atoms with Gasteiger partial charge in [0.1, 0.15) is 5.82 Å². The van der Waals surface area contributed by atoms with Gasteiger partial charge < -0.3 is 5.32 Å². The molecule has 4 nitrogen and oxygen atoms in total. The second-order valence-corrected chi connectivity index (χ2v) is 5.53. The summed E-state index contributed by atoms with van der Waals surface area (Å²) >= 11 is 0. The topological polar surface area (TPSA) is 33.1 Å². The number of benzene rings is 1. The lowest BCUT2D eigenvalue weighted by molar-refractivity contribution is 0.237. The molecule has 0 bridgehead atoms. The van der Waals surface area contributed by atoms with E-state index >= 15 is 0 Å². The van der Waals surface area contributed by atoms with Crippen LogP contribution in [0.2, 0.25) is 0 Å². The third-order valence-corrected chi connectivity index (χ3v) is 4.10. The Labute approximate surface area is 124 Å². The predicted octanol–water partition coefficient (Wildman–Crippen LogP) is 2.20. The summed E-state index contributed by atoms with van der Waals surface area (Å²) in [6, 6.07) is 9.10. The van der Waals surface area contributed by atoms with E-state index in [2.05, 4.69) is 15.3 Å². The summed E-state index contributed by atoms with van der Waals surface area (Å²) in [6.45, 7) is 3.02. The summed E-state index contributed by atoms with van der Waals surface area (Å²) in [5.41, 5.74) is 2.05. The molecule has 1 aliphatic rings. The van der Waals surface area contributed by atoms with Crippen LogP contribution < -0.4 is 5.32 Å². The first-order chi connectivity index (χ1) is 10.3. The molecular formula is C16H21FN4. The predicted molar refractivity (Wildman–Crippen MR) is 80.9 cm³/mol. The van der Waals surface area contributed by atoms with Gasteiger partial charge in [0.2, 0.25) is 0 Å². The monoisotopic (exact) mass is 288 g/mol. The van der Waals surface area contributed by atoms with Crippen molar-refractivity contribution in [2.24, 2.45) is 0 Å². The highest BCUT2D eigenvalue weighted by molar-refractivity contribution is 5.32. The average molecular weight is 288 g/mol. The Morgan fingerprint density at radius 2 is 2.10 bits per heavy atom. The Bertz CT molecular complexity index is 578. The van der Waals surface area contributed by atoms with Gasteiger partial charge in [-0.2, -0.15) is 5.10 Å². The van der Waals surface area contributed by atoms with E-state index < -0.39 is 0 Å². The Morgan fingerprint density at radius 3 is 2.86 bits per heavy atom. The first kappa shape index (κ1) is 14.2. The molecule has 1 atom stereocenters. The van der Waals surface area contributed by atoms with Gasteiger partial charge in [0.25, 0.3) is 0 Å². The molecular weight excluding hydrogens is 267 g/mol.